The molecular formula is C18H14ClF3N2O4S. The molecule has 1 N–H and O–H groups in total. The third-order valence-corrected chi connectivity index (χ3v) is 5.91. The van der Waals surface area contributed by atoms with Crippen molar-refractivity contribution in [3.63, 3.8) is 0 Å². The van der Waals surface area contributed by atoms with Gasteiger partial charge in [0, 0.05) is 23.6 Å². The number of hydrogen-bond donors (Lipinski definition) is 1. The number of nitrogens with zero attached hydrogens (tertiary/aromatic N) is 1. The van der Waals surface area contributed by atoms with E-state index in [9.17, 15) is 31.2 Å². The van der Waals surface area contributed by atoms with Crippen molar-refractivity contribution in [3.05, 3.63) is 58.6 Å². The smallest absolute Gasteiger partial charge is 0.280 e. The summed E-state index contributed by atoms with van der Waals surface area (Å²) in [5.41, 5.74) is -0.782. The summed E-state index contributed by atoms with van der Waals surface area (Å²) in [6, 6.07) is 8.00. The van der Waals surface area contributed by atoms with Gasteiger partial charge in [-0.05, 0) is 35.9 Å². The van der Waals surface area contributed by atoms with Crippen LogP contribution >= 0.6 is 11.6 Å². The van der Waals surface area contributed by atoms with E-state index in [4.69, 9.17) is 11.6 Å². The number of benzene rings is 2. The zero-order chi connectivity index (χ0) is 21.4. The van der Waals surface area contributed by atoms with Crippen LogP contribution in [-0.2, 0) is 32.3 Å². The Hall–Kier alpha value is -2.59. The number of halogens is 4. The summed E-state index contributed by atoms with van der Waals surface area (Å²) >= 11 is 5.57. The molecule has 1 aliphatic rings. The third-order valence-electron chi connectivity index (χ3n) is 4.24. The molecule has 29 heavy (non-hydrogen) atoms. The first-order valence-electron chi connectivity index (χ1n) is 8.29. The van der Waals surface area contributed by atoms with Gasteiger partial charge < -0.3 is 0 Å². The Morgan fingerprint density at radius 1 is 1.00 bits per heavy atom. The van der Waals surface area contributed by atoms with E-state index in [1.807, 2.05) is 0 Å². The van der Waals surface area contributed by atoms with Gasteiger partial charge in [0.15, 0.2) is 0 Å². The Labute approximate surface area is 169 Å². The summed E-state index contributed by atoms with van der Waals surface area (Å²) in [4.78, 5) is 23.4. The summed E-state index contributed by atoms with van der Waals surface area (Å²) in [5, 5.41) is -0.244. The van der Waals surface area contributed by atoms with E-state index in [1.54, 1.807) is 0 Å². The van der Waals surface area contributed by atoms with Gasteiger partial charge in [0.25, 0.3) is 10.0 Å². The number of nitrogens with one attached hydrogen (secondary N) is 1. The standard InChI is InChI=1S/C18H14ClF3N2O4S/c19-12-3-6-15(14(9-12)18(20,21)22)29(27,28)23-13-4-1-11(2-5-13)10-24-16(25)7-8-17(24)26/h1-6,9,23H,7-8,10H2. The minimum absolute atomic E-state index is 0.0240. The quantitative estimate of drug-likeness (QED) is 0.708. The topological polar surface area (TPSA) is 83.6 Å². The molecule has 0 bridgehead atoms. The molecule has 2 aromatic rings. The lowest BCUT2D eigenvalue weighted by atomic mass is 10.2. The van der Waals surface area contributed by atoms with Crippen LogP contribution in [0.3, 0.4) is 0 Å². The van der Waals surface area contributed by atoms with Crippen LogP contribution < -0.4 is 4.72 Å². The predicted octanol–water partition coefficient (Wildman–Crippen LogP) is 3.81. The Bertz CT molecular complexity index is 1050. The van der Waals surface area contributed by atoms with Gasteiger partial charge in [-0.1, -0.05) is 23.7 Å². The van der Waals surface area contributed by atoms with Gasteiger partial charge in [0.05, 0.1) is 17.0 Å². The first kappa shape index (κ1) is 21.1. The van der Waals surface area contributed by atoms with Gasteiger partial charge in [-0.3, -0.25) is 19.2 Å². The van der Waals surface area contributed by atoms with Crippen molar-refractivity contribution in [2.24, 2.45) is 0 Å². The number of alkyl halides is 3. The highest BCUT2D eigenvalue weighted by Gasteiger charge is 2.37. The van der Waals surface area contributed by atoms with Crippen molar-refractivity contribution in [2.75, 3.05) is 4.72 Å². The van der Waals surface area contributed by atoms with Crippen LogP contribution in [0.25, 0.3) is 0 Å². The highest BCUT2D eigenvalue weighted by Crippen LogP contribution is 2.36. The second kappa shape index (κ2) is 7.68. The van der Waals surface area contributed by atoms with Gasteiger partial charge in [-0.25, -0.2) is 8.42 Å². The van der Waals surface area contributed by atoms with Gasteiger partial charge >= 0.3 is 6.18 Å². The fourth-order valence-electron chi connectivity index (χ4n) is 2.83. The highest BCUT2D eigenvalue weighted by molar-refractivity contribution is 7.92. The molecule has 0 saturated carbocycles. The van der Waals surface area contributed by atoms with E-state index < -0.39 is 26.7 Å². The van der Waals surface area contributed by atoms with Crippen LogP contribution in [0.15, 0.2) is 47.4 Å². The number of rotatable bonds is 5. The number of carbonyl (C=O) groups is 2. The second-order valence-corrected chi connectivity index (χ2v) is 8.40. The molecule has 2 aromatic carbocycles. The zero-order valence-corrected chi connectivity index (χ0v) is 16.2. The van der Waals surface area contributed by atoms with Crippen molar-refractivity contribution in [1.29, 1.82) is 0 Å². The van der Waals surface area contributed by atoms with Gasteiger partial charge in [-0.2, -0.15) is 13.2 Å². The van der Waals surface area contributed by atoms with E-state index in [0.29, 0.717) is 11.6 Å². The molecular weight excluding hydrogens is 433 g/mol. The van der Waals surface area contributed by atoms with Crippen molar-refractivity contribution >= 4 is 39.1 Å². The number of amides is 2. The molecule has 3 rings (SSSR count). The van der Waals surface area contributed by atoms with Crippen LogP contribution in [-0.4, -0.2) is 25.1 Å². The molecule has 1 aliphatic heterocycles. The lowest BCUT2D eigenvalue weighted by Crippen LogP contribution is -2.28. The lowest BCUT2D eigenvalue weighted by Gasteiger charge is -2.16. The van der Waals surface area contributed by atoms with Crippen molar-refractivity contribution in [1.82, 2.24) is 4.90 Å². The molecule has 0 atom stereocenters. The number of sulfonamides is 1. The molecule has 0 aliphatic carbocycles. The molecule has 2 amide bonds. The monoisotopic (exact) mass is 446 g/mol. The first-order valence-corrected chi connectivity index (χ1v) is 10.2. The lowest BCUT2D eigenvalue weighted by molar-refractivity contribution is -0.140. The minimum Gasteiger partial charge on any atom is -0.280 e. The van der Waals surface area contributed by atoms with Crippen LogP contribution in [0, 0.1) is 0 Å². The van der Waals surface area contributed by atoms with Crippen molar-refractivity contribution < 1.29 is 31.2 Å². The second-order valence-electron chi connectivity index (χ2n) is 6.31. The van der Waals surface area contributed by atoms with Crippen LogP contribution in [0.5, 0.6) is 0 Å². The number of imide groups is 1. The Morgan fingerprint density at radius 2 is 1.59 bits per heavy atom. The SMILES string of the molecule is O=C1CCC(=O)N1Cc1ccc(NS(=O)(=O)c2ccc(Cl)cc2C(F)(F)F)cc1. The average Bonchev–Trinajstić information content (AvgIpc) is 2.94. The fourth-order valence-corrected chi connectivity index (χ4v) is 4.27. The summed E-state index contributed by atoms with van der Waals surface area (Å²) in [6.07, 6.45) is -4.60. The molecule has 0 unspecified atom stereocenters. The van der Waals surface area contributed by atoms with Crippen LogP contribution in [0.2, 0.25) is 5.02 Å². The van der Waals surface area contributed by atoms with Crippen molar-refractivity contribution in [3.8, 4) is 0 Å². The maximum atomic E-state index is 13.2. The van der Waals surface area contributed by atoms with Crippen LogP contribution in [0.1, 0.15) is 24.0 Å². The predicted molar refractivity (Wildman–Crippen MR) is 98.5 cm³/mol. The number of carbonyl (C=O) groups excluding carboxylic acids is 2. The van der Waals surface area contributed by atoms with Crippen LogP contribution in [0.4, 0.5) is 18.9 Å². The molecule has 11 heteroatoms. The van der Waals surface area contributed by atoms with E-state index in [-0.39, 0.29) is 41.9 Å². The molecule has 1 saturated heterocycles. The van der Waals surface area contributed by atoms with Gasteiger partial charge in [0.2, 0.25) is 11.8 Å². The number of hydrogen-bond acceptors (Lipinski definition) is 4. The summed E-state index contributed by atoms with van der Waals surface area (Å²) in [6.45, 7) is 0.0418. The summed E-state index contributed by atoms with van der Waals surface area (Å²) < 4.78 is 66.6. The van der Waals surface area contributed by atoms with E-state index in [1.165, 1.54) is 24.3 Å². The van der Waals surface area contributed by atoms with E-state index in [0.717, 1.165) is 17.0 Å². The molecule has 0 radical (unpaired) electrons. The molecule has 1 fully saturated rings. The normalized spacial score (nSPS) is 15.1. The Morgan fingerprint density at radius 3 is 2.14 bits per heavy atom. The zero-order valence-electron chi connectivity index (χ0n) is 14.7. The Balaban J connectivity index is 1.81. The largest absolute Gasteiger partial charge is 0.417 e. The number of likely N-dealkylation sites (tertiary alicyclic amines) is 1. The average molecular weight is 447 g/mol. The maximum absolute atomic E-state index is 13.2. The number of anilines is 1. The van der Waals surface area contributed by atoms with Crippen molar-refractivity contribution in [2.45, 2.75) is 30.5 Å². The first-order chi connectivity index (χ1) is 13.5. The molecule has 0 spiro atoms. The summed E-state index contributed by atoms with van der Waals surface area (Å²) in [7, 11) is -4.54. The molecule has 1 heterocycles. The molecule has 6 nitrogen and oxygen atoms in total. The van der Waals surface area contributed by atoms with Gasteiger partial charge in [0.1, 0.15) is 0 Å². The Kier molecular flexibility index (Phi) is 5.59. The van der Waals surface area contributed by atoms with E-state index >= 15 is 0 Å². The maximum Gasteiger partial charge on any atom is 0.417 e. The fraction of sp³-hybridized carbons (Fsp3) is 0.222. The third kappa shape index (κ3) is 4.70. The molecule has 154 valence electrons. The summed E-state index contributed by atoms with van der Waals surface area (Å²) in [5.74, 6) is -0.579. The molecule has 0 aromatic heterocycles. The van der Waals surface area contributed by atoms with Gasteiger partial charge in [-0.15, -0.1) is 0 Å². The minimum atomic E-state index is -4.91. The van der Waals surface area contributed by atoms with E-state index in [2.05, 4.69) is 4.72 Å². The highest BCUT2D eigenvalue weighted by atomic mass is 35.5.